The number of rotatable bonds is 6. The second kappa shape index (κ2) is 8.87. The Morgan fingerprint density at radius 1 is 1.10 bits per heavy atom. The van der Waals surface area contributed by atoms with E-state index in [4.69, 9.17) is 14.2 Å². The minimum Gasteiger partial charge on any atom is -0.493 e. The fourth-order valence-corrected chi connectivity index (χ4v) is 4.30. The van der Waals surface area contributed by atoms with Gasteiger partial charge in [-0.25, -0.2) is 4.98 Å². The van der Waals surface area contributed by atoms with E-state index < -0.39 is 11.8 Å². The van der Waals surface area contributed by atoms with Crippen molar-refractivity contribution in [3.63, 3.8) is 0 Å². The van der Waals surface area contributed by atoms with Gasteiger partial charge >= 0.3 is 5.97 Å². The molecule has 30 heavy (non-hydrogen) atoms. The van der Waals surface area contributed by atoms with Gasteiger partial charge in [0.1, 0.15) is 5.82 Å². The molecule has 2 atom stereocenters. The van der Waals surface area contributed by atoms with Crippen LogP contribution in [0.5, 0.6) is 11.5 Å². The quantitative estimate of drug-likeness (QED) is 0.728. The van der Waals surface area contributed by atoms with Gasteiger partial charge in [0, 0.05) is 31.0 Å². The summed E-state index contributed by atoms with van der Waals surface area (Å²) in [6.45, 7) is 0.851. The Labute approximate surface area is 175 Å². The zero-order chi connectivity index (χ0) is 21.1. The van der Waals surface area contributed by atoms with Gasteiger partial charge in [0.05, 0.1) is 32.2 Å². The maximum Gasteiger partial charge on any atom is 0.310 e. The van der Waals surface area contributed by atoms with Crippen LogP contribution in [0.4, 0.5) is 0 Å². The smallest absolute Gasteiger partial charge is 0.310 e. The molecule has 4 rings (SSSR count). The molecule has 0 bridgehead atoms. The molecule has 0 unspecified atom stereocenters. The third-order valence-electron chi connectivity index (χ3n) is 5.93. The van der Waals surface area contributed by atoms with Gasteiger partial charge < -0.3 is 19.5 Å². The van der Waals surface area contributed by atoms with E-state index in [-0.39, 0.29) is 18.0 Å². The first-order valence-corrected chi connectivity index (χ1v) is 10.3. The molecule has 160 valence electrons. The Morgan fingerprint density at radius 3 is 2.60 bits per heavy atom. The van der Waals surface area contributed by atoms with E-state index in [9.17, 15) is 9.59 Å². The highest BCUT2D eigenvalue weighted by Crippen LogP contribution is 2.35. The van der Waals surface area contributed by atoms with Crippen molar-refractivity contribution in [3.05, 3.63) is 30.6 Å². The van der Waals surface area contributed by atoms with Gasteiger partial charge in [-0.15, -0.1) is 0 Å². The average molecular weight is 413 g/mol. The van der Waals surface area contributed by atoms with Crippen molar-refractivity contribution in [2.45, 2.75) is 31.8 Å². The lowest BCUT2D eigenvalue weighted by atomic mass is 9.95. The van der Waals surface area contributed by atoms with E-state index in [1.807, 2.05) is 18.2 Å². The van der Waals surface area contributed by atoms with Crippen LogP contribution in [0, 0.1) is 11.8 Å². The first-order valence-electron chi connectivity index (χ1n) is 10.3. The molecule has 1 aliphatic heterocycles. The fraction of sp³-hybridized carbons (Fsp3) is 0.500. The standard InChI is InChI=1S/C22H27N3O5/c1-28-18-8-7-14(11-19(18)30-15-5-3-4-6-15)20-24-9-10-25(20)21(26)16-12-23-13-17(16)22(27)29-2/h7-11,15-17,23H,3-6,12-13H2,1-2H3/t16-,17-/m0/s1. The lowest BCUT2D eigenvalue weighted by Crippen LogP contribution is -2.32. The lowest BCUT2D eigenvalue weighted by Gasteiger charge is -2.18. The number of ether oxygens (including phenoxy) is 3. The van der Waals surface area contributed by atoms with Crippen LogP contribution in [0.1, 0.15) is 30.5 Å². The van der Waals surface area contributed by atoms with E-state index >= 15 is 0 Å². The highest BCUT2D eigenvalue weighted by Gasteiger charge is 2.39. The number of hydrogen-bond acceptors (Lipinski definition) is 7. The van der Waals surface area contributed by atoms with Crippen LogP contribution in [0.3, 0.4) is 0 Å². The highest BCUT2D eigenvalue weighted by molar-refractivity contribution is 5.90. The molecule has 0 radical (unpaired) electrons. The number of methoxy groups -OCH3 is 2. The number of nitrogens with zero attached hydrogens (tertiary/aromatic N) is 2. The molecule has 2 aromatic rings. The normalized spacial score (nSPS) is 21.5. The third-order valence-corrected chi connectivity index (χ3v) is 5.93. The van der Waals surface area contributed by atoms with Crippen LogP contribution in [0.15, 0.2) is 30.6 Å². The zero-order valence-electron chi connectivity index (χ0n) is 17.3. The van der Waals surface area contributed by atoms with E-state index in [0.717, 1.165) is 18.4 Å². The SMILES string of the molecule is COC(=O)[C@H]1CNC[C@@H]1C(=O)n1ccnc1-c1ccc(OC)c(OC2CCCC2)c1. The summed E-state index contributed by atoms with van der Waals surface area (Å²) in [6, 6.07) is 5.56. The number of carbonyl (C=O) groups is 2. The van der Waals surface area contributed by atoms with E-state index in [0.29, 0.717) is 30.4 Å². The van der Waals surface area contributed by atoms with Gasteiger partial charge in [0.15, 0.2) is 11.5 Å². The van der Waals surface area contributed by atoms with Crippen molar-refractivity contribution in [2.75, 3.05) is 27.3 Å². The van der Waals surface area contributed by atoms with Crippen molar-refractivity contribution in [3.8, 4) is 22.9 Å². The number of carbonyl (C=O) groups excluding carboxylic acids is 2. The summed E-state index contributed by atoms with van der Waals surface area (Å²) in [7, 11) is 2.95. The van der Waals surface area contributed by atoms with Gasteiger partial charge in [-0.2, -0.15) is 0 Å². The maximum absolute atomic E-state index is 13.2. The Kier molecular flexibility index (Phi) is 6.03. The molecule has 1 aromatic heterocycles. The summed E-state index contributed by atoms with van der Waals surface area (Å²) in [5, 5.41) is 3.11. The Morgan fingerprint density at radius 2 is 1.87 bits per heavy atom. The largest absolute Gasteiger partial charge is 0.493 e. The van der Waals surface area contributed by atoms with Gasteiger partial charge in [-0.1, -0.05) is 0 Å². The number of esters is 1. The van der Waals surface area contributed by atoms with E-state index in [2.05, 4.69) is 10.3 Å². The number of benzene rings is 1. The molecule has 8 nitrogen and oxygen atoms in total. The third kappa shape index (κ3) is 3.92. The maximum atomic E-state index is 13.2. The molecule has 0 amide bonds. The van der Waals surface area contributed by atoms with Gasteiger partial charge in [0.25, 0.3) is 0 Å². The molecule has 1 N–H and O–H groups in total. The van der Waals surface area contributed by atoms with Gasteiger partial charge in [0.2, 0.25) is 5.91 Å². The summed E-state index contributed by atoms with van der Waals surface area (Å²) < 4.78 is 18.0. The number of imidazole rings is 1. The predicted molar refractivity (Wildman–Crippen MR) is 110 cm³/mol. The summed E-state index contributed by atoms with van der Waals surface area (Å²) >= 11 is 0. The van der Waals surface area contributed by atoms with Crippen molar-refractivity contribution >= 4 is 11.9 Å². The topological polar surface area (TPSA) is 91.7 Å². The summed E-state index contributed by atoms with van der Waals surface area (Å²) in [5.41, 5.74) is 0.753. The Balaban J connectivity index is 1.62. The van der Waals surface area contributed by atoms with Crippen molar-refractivity contribution < 1.29 is 23.8 Å². The van der Waals surface area contributed by atoms with Crippen LogP contribution in [-0.2, 0) is 9.53 Å². The van der Waals surface area contributed by atoms with Crippen LogP contribution in [0.25, 0.3) is 11.4 Å². The molecule has 2 aliphatic rings. The van der Waals surface area contributed by atoms with Crippen molar-refractivity contribution in [1.82, 2.24) is 14.9 Å². The Bertz CT molecular complexity index is 919. The number of aromatic nitrogens is 2. The molecule has 2 heterocycles. The first kappa shape index (κ1) is 20.4. The summed E-state index contributed by atoms with van der Waals surface area (Å²) in [5.74, 6) is 0.246. The van der Waals surface area contributed by atoms with Crippen LogP contribution in [-0.4, -0.2) is 54.8 Å². The molecule has 1 saturated carbocycles. The summed E-state index contributed by atoms with van der Waals surface area (Å²) in [6.07, 6.45) is 7.80. The minimum atomic E-state index is -0.505. The molecular formula is C22H27N3O5. The Hall–Kier alpha value is -2.87. The predicted octanol–water partition coefficient (Wildman–Crippen LogP) is 2.53. The van der Waals surface area contributed by atoms with Gasteiger partial charge in [-0.05, 0) is 43.9 Å². The second-order valence-electron chi connectivity index (χ2n) is 7.74. The fourth-order valence-electron chi connectivity index (χ4n) is 4.30. The minimum absolute atomic E-state index is 0.181. The van der Waals surface area contributed by atoms with Crippen LogP contribution >= 0.6 is 0 Å². The van der Waals surface area contributed by atoms with Crippen LogP contribution in [0.2, 0.25) is 0 Å². The van der Waals surface area contributed by atoms with Gasteiger partial charge in [-0.3, -0.25) is 14.2 Å². The highest BCUT2D eigenvalue weighted by atomic mass is 16.5. The lowest BCUT2D eigenvalue weighted by molar-refractivity contribution is -0.145. The molecule has 1 saturated heterocycles. The molecule has 1 aromatic carbocycles. The molecule has 0 spiro atoms. The van der Waals surface area contributed by atoms with E-state index in [1.54, 1.807) is 19.5 Å². The van der Waals surface area contributed by atoms with Crippen molar-refractivity contribution in [2.24, 2.45) is 11.8 Å². The van der Waals surface area contributed by atoms with E-state index in [1.165, 1.54) is 24.5 Å². The molecule has 2 fully saturated rings. The number of hydrogen-bond donors (Lipinski definition) is 1. The molecular weight excluding hydrogens is 386 g/mol. The monoisotopic (exact) mass is 413 g/mol. The molecule has 8 heteroatoms. The summed E-state index contributed by atoms with van der Waals surface area (Å²) in [4.78, 5) is 29.7. The average Bonchev–Trinajstić information content (AvgIpc) is 3.54. The van der Waals surface area contributed by atoms with Crippen LogP contribution < -0.4 is 14.8 Å². The van der Waals surface area contributed by atoms with Crippen molar-refractivity contribution in [1.29, 1.82) is 0 Å². The first-order chi connectivity index (χ1) is 14.6. The zero-order valence-corrected chi connectivity index (χ0v) is 17.3. The number of nitrogens with one attached hydrogen (secondary N) is 1. The molecule has 1 aliphatic carbocycles. The second-order valence-corrected chi connectivity index (χ2v) is 7.74.